The van der Waals surface area contributed by atoms with Crippen molar-refractivity contribution in [1.29, 1.82) is 0 Å². The predicted molar refractivity (Wildman–Crippen MR) is 119 cm³/mol. The molecule has 0 spiro atoms. The highest BCUT2D eigenvalue weighted by Crippen LogP contribution is 2.24. The number of carbonyl (C=O) groups excluding carboxylic acids is 2. The number of hydrogen-bond donors (Lipinski definition) is 2. The first-order valence-corrected chi connectivity index (χ1v) is 11.6. The van der Waals surface area contributed by atoms with E-state index in [0.29, 0.717) is 31.6 Å². The number of nitrogens with one attached hydrogen (secondary N) is 2. The van der Waals surface area contributed by atoms with Gasteiger partial charge in [-0.15, -0.1) is 0 Å². The molecule has 0 bridgehead atoms. The van der Waals surface area contributed by atoms with Crippen LogP contribution in [0.1, 0.15) is 29.3 Å². The Kier molecular flexibility index (Phi) is 7.25. The van der Waals surface area contributed by atoms with E-state index in [9.17, 15) is 18.0 Å². The average Bonchev–Trinajstić information content (AvgIpc) is 2.79. The van der Waals surface area contributed by atoms with Crippen LogP contribution in [0.15, 0.2) is 72.1 Å². The molecular weight excluding hydrogens is 414 g/mol. The van der Waals surface area contributed by atoms with Gasteiger partial charge < -0.3 is 10.6 Å². The first-order valence-electron chi connectivity index (χ1n) is 10.2. The van der Waals surface area contributed by atoms with Gasteiger partial charge in [0.25, 0.3) is 5.91 Å². The summed E-state index contributed by atoms with van der Waals surface area (Å²) in [7, 11) is -3.68. The lowest BCUT2D eigenvalue weighted by molar-refractivity contribution is -0.117. The molecule has 2 aromatic carbocycles. The van der Waals surface area contributed by atoms with E-state index in [-0.39, 0.29) is 28.7 Å². The Bertz CT molecular complexity index is 1040. The van der Waals surface area contributed by atoms with Crippen LogP contribution >= 0.6 is 0 Å². The van der Waals surface area contributed by atoms with Crippen molar-refractivity contribution in [2.24, 2.45) is 5.92 Å². The Labute approximate surface area is 183 Å². The first kappa shape index (κ1) is 22.7. The van der Waals surface area contributed by atoms with Crippen molar-refractivity contribution in [2.45, 2.75) is 30.8 Å². The molecule has 1 aliphatic heterocycles. The second kappa shape index (κ2) is 9.89. The van der Waals surface area contributed by atoms with Crippen LogP contribution < -0.4 is 10.6 Å². The van der Waals surface area contributed by atoms with Crippen LogP contribution in [-0.4, -0.2) is 43.7 Å². The molecule has 1 fully saturated rings. The highest BCUT2D eigenvalue weighted by molar-refractivity contribution is 7.89. The van der Waals surface area contributed by atoms with Crippen molar-refractivity contribution in [1.82, 2.24) is 14.9 Å². The van der Waals surface area contributed by atoms with Gasteiger partial charge in [0, 0.05) is 31.2 Å². The number of carbonyl (C=O) groups is 2. The predicted octanol–water partition coefficient (Wildman–Crippen LogP) is 2.32. The highest BCUT2D eigenvalue weighted by Gasteiger charge is 2.34. The third-order valence-corrected chi connectivity index (χ3v) is 7.31. The fraction of sp³-hybridized carbons (Fsp3) is 0.304. The molecule has 1 aliphatic rings. The van der Waals surface area contributed by atoms with Crippen LogP contribution in [0.2, 0.25) is 0 Å². The van der Waals surface area contributed by atoms with E-state index in [2.05, 4.69) is 17.2 Å². The second-order valence-corrected chi connectivity index (χ2v) is 9.58. The summed E-state index contributed by atoms with van der Waals surface area (Å²) in [5.41, 5.74) is 1.38. The molecule has 1 saturated heterocycles. The molecule has 1 heterocycles. The van der Waals surface area contributed by atoms with Gasteiger partial charge in [0.05, 0.1) is 4.90 Å². The van der Waals surface area contributed by atoms with E-state index in [1.165, 1.54) is 34.6 Å². The molecule has 2 aromatic rings. The maximum absolute atomic E-state index is 13.0. The highest BCUT2D eigenvalue weighted by atomic mass is 32.2. The molecule has 31 heavy (non-hydrogen) atoms. The fourth-order valence-corrected chi connectivity index (χ4v) is 5.14. The van der Waals surface area contributed by atoms with Crippen LogP contribution in [-0.2, 0) is 21.4 Å². The molecule has 0 saturated carbocycles. The summed E-state index contributed by atoms with van der Waals surface area (Å²) in [6.45, 7) is 6.38. The lowest BCUT2D eigenvalue weighted by Crippen LogP contribution is -2.51. The molecule has 7 nitrogen and oxygen atoms in total. The van der Waals surface area contributed by atoms with Gasteiger partial charge in [-0.05, 0) is 48.2 Å². The van der Waals surface area contributed by atoms with Crippen LogP contribution in [0.25, 0.3) is 0 Å². The molecule has 0 aliphatic carbocycles. The van der Waals surface area contributed by atoms with Crippen molar-refractivity contribution in [3.8, 4) is 0 Å². The molecule has 2 atom stereocenters. The summed E-state index contributed by atoms with van der Waals surface area (Å²) in [5.74, 6) is -0.551. The summed E-state index contributed by atoms with van der Waals surface area (Å²) in [6, 6.07) is 15.4. The zero-order valence-electron chi connectivity index (χ0n) is 17.5. The summed E-state index contributed by atoms with van der Waals surface area (Å²) in [6.07, 6.45) is 1.74. The Morgan fingerprint density at radius 1 is 1.13 bits per heavy atom. The average molecular weight is 442 g/mol. The smallest absolute Gasteiger partial charge is 0.251 e. The van der Waals surface area contributed by atoms with Crippen molar-refractivity contribution in [2.75, 3.05) is 13.1 Å². The lowest BCUT2D eigenvalue weighted by atomic mass is 9.95. The number of hydrogen-bond acceptors (Lipinski definition) is 4. The van der Waals surface area contributed by atoms with Crippen LogP contribution in [0.4, 0.5) is 0 Å². The van der Waals surface area contributed by atoms with Gasteiger partial charge >= 0.3 is 0 Å². The monoisotopic (exact) mass is 441 g/mol. The Morgan fingerprint density at radius 2 is 1.81 bits per heavy atom. The SMILES string of the molecule is C=CC(=O)NC1CCN(S(=O)(=O)c2ccc(C(=O)NCc3ccccc3)cc2)CC1C. The summed E-state index contributed by atoms with van der Waals surface area (Å²) >= 11 is 0. The van der Waals surface area contributed by atoms with Gasteiger partial charge in [0.15, 0.2) is 0 Å². The molecule has 0 radical (unpaired) electrons. The van der Waals surface area contributed by atoms with Gasteiger partial charge in [-0.25, -0.2) is 8.42 Å². The normalized spacial score (nSPS) is 19.4. The van der Waals surface area contributed by atoms with Crippen molar-refractivity contribution in [3.05, 3.63) is 78.4 Å². The standard InChI is InChI=1S/C23H27N3O4S/c1-3-22(27)25-21-13-14-26(16-17(21)2)31(29,30)20-11-9-19(10-12-20)23(28)24-15-18-7-5-4-6-8-18/h3-12,17,21H,1,13-16H2,2H3,(H,24,28)(H,25,27). The van der Waals surface area contributed by atoms with Crippen molar-refractivity contribution in [3.63, 3.8) is 0 Å². The minimum Gasteiger partial charge on any atom is -0.349 e. The number of sulfonamides is 1. The second-order valence-electron chi connectivity index (χ2n) is 7.64. The fourth-order valence-electron chi connectivity index (χ4n) is 3.59. The van der Waals surface area contributed by atoms with E-state index in [4.69, 9.17) is 0 Å². The number of amides is 2. The number of piperidine rings is 1. The Morgan fingerprint density at radius 3 is 2.42 bits per heavy atom. The topological polar surface area (TPSA) is 95.6 Å². The molecule has 164 valence electrons. The first-order chi connectivity index (χ1) is 14.8. The summed E-state index contributed by atoms with van der Waals surface area (Å²) in [4.78, 5) is 24.1. The molecule has 8 heteroatoms. The van der Waals surface area contributed by atoms with E-state index in [0.717, 1.165) is 5.56 Å². The molecule has 2 N–H and O–H groups in total. The molecule has 2 amide bonds. The van der Waals surface area contributed by atoms with Gasteiger partial charge in [0.2, 0.25) is 15.9 Å². The molecule has 2 unspecified atom stereocenters. The summed E-state index contributed by atoms with van der Waals surface area (Å²) in [5, 5.41) is 5.68. The summed E-state index contributed by atoms with van der Waals surface area (Å²) < 4.78 is 27.5. The quantitative estimate of drug-likeness (QED) is 0.645. The van der Waals surface area contributed by atoms with Crippen LogP contribution in [0.3, 0.4) is 0 Å². The van der Waals surface area contributed by atoms with Gasteiger partial charge in [-0.1, -0.05) is 43.8 Å². The third-order valence-electron chi connectivity index (χ3n) is 5.43. The number of rotatable bonds is 7. The minimum absolute atomic E-state index is 0.0320. The Balaban J connectivity index is 1.62. The lowest BCUT2D eigenvalue weighted by Gasteiger charge is -2.36. The van der Waals surface area contributed by atoms with E-state index in [1.807, 2.05) is 37.3 Å². The third kappa shape index (κ3) is 5.59. The number of benzene rings is 2. The van der Waals surface area contributed by atoms with Crippen molar-refractivity contribution < 1.29 is 18.0 Å². The maximum atomic E-state index is 13.0. The van der Waals surface area contributed by atoms with E-state index in [1.54, 1.807) is 0 Å². The van der Waals surface area contributed by atoms with Gasteiger partial charge in [0.1, 0.15) is 0 Å². The van der Waals surface area contributed by atoms with Crippen molar-refractivity contribution >= 4 is 21.8 Å². The maximum Gasteiger partial charge on any atom is 0.251 e. The van der Waals surface area contributed by atoms with Gasteiger partial charge in [-0.2, -0.15) is 4.31 Å². The molecule has 3 rings (SSSR count). The molecular formula is C23H27N3O4S. The molecule has 0 aromatic heterocycles. The van der Waals surface area contributed by atoms with Crippen LogP contribution in [0, 0.1) is 5.92 Å². The van der Waals surface area contributed by atoms with Gasteiger partial charge in [-0.3, -0.25) is 9.59 Å². The Hall–Kier alpha value is -2.97. The zero-order chi connectivity index (χ0) is 22.4. The minimum atomic E-state index is -3.68. The number of nitrogens with zero attached hydrogens (tertiary/aromatic N) is 1. The largest absolute Gasteiger partial charge is 0.349 e. The van der Waals surface area contributed by atoms with Crippen LogP contribution in [0.5, 0.6) is 0 Å². The van der Waals surface area contributed by atoms with E-state index >= 15 is 0 Å². The van der Waals surface area contributed by atoms with E-state index < -0.39 is 10.0 Å². The zero-order valence-corrected chi connectivity index (χ0v) is 18.3.